The summed E-state index contributed by atoms with van der Waals surface area (Å²) in [6.07, 6.45) is 0. The highest BCUT2D eigenvalue weighted by Crippen LogP contribution is 2.70. The van der Waals surface area contributed by atoms with Crippen LogP contribution in [0.4, 0.5) is 17.6 Å². The van der Waals surface area contributed by atoms with Crippen LogP contribution in [-0.2, 0) is 18.5 Å². The lowest BCUT2D eigenvalue weighted by molar-refractivity contribution is -0.198. The SMILES string of the molecule is O=C(O)C(F)(F)C(F)(F)S(=O)(=O)OS(c1ccccc1)(c1ccccc1)c1ccccc1. The Bertz CT molecular complexity index is 1090. The third-order valence-electron chi connectivity index (χ3n) is 4.37. The first-order valence-electron chi connectivity index (χ1n) is 8.90. The molecule has 0 aliphatic rings. The molecule has 3 rings (SSSR count). The number of carboxylic acid groups (broad SMARTS) is 1. The van der Waals surface area contributed by atoms with Crippen molar-refractivity contribution < 1.29 is 39.5 Å². The quantitative estimate of drug-likeness (QED) is 0.421. The molecule has 0 unspecified atom stereocenters. The van der Waals surface area contributed by atoms with Gasteiger partial charge in [-0.1, -0.05) is 54.6 Å². The molecule has 3 aromatic rings. The van der Waals surface area contributed by atoms with Gasteiger partial charge in [-0.05, 0) is 46.7 Å². The molecule has 0 fully saturated rings. The van der Waals surface area contributed by atoms with Crippen LogP contribution >= 0.6 is 10.3 Å². The Morgan fingerprint density at radius 3 is 1.28 bits per heavy atom. The van der Waals surface area contributed by atoms with Gasteiger partial charge < -0.3 is 5.11 Å². The summed E-state index contributed by atoms with van der Waals surface area (Å²) < 4.78 is 86.9. The molecule has 0 saturated carbocycles. The van der Waals surface area contributed by atoms with Crippen LogP contribution in [0.15, 0.2) is 106 Å². The van der Waals surface area contributed by atoms with Crippen molar-refractivity contribution in [3.8, 4) is 0 Å². The van der Waals surface area contributed by atoms with Gasteiger partial charge in [0.25, 0.3) is 0 Å². The molecule has 32 heavy (non-hydrogen) atoms. The molecule has 0 radical (unpaired) electrons. The lowest BCUT2D eigenvalue weighted by Crippen LogP contribution is -2.52. The molecule has 0 aliphatic heterocycles. The van der Waals surface area contributed by atoms with E-state index in [-0.39, 0.29) is 14.7 Å². The summed E-state index contributed by atoms with van der Waals surface area (Å²) >= 11 is 0. The van der Waals surface area contributed by atoms with Gasteiger partial charge in [-0.15, -0.1) is 0 Å². The fourth-order valence-electron chi connectivity index (χ4n) is 2.82. The van der Waals surface area contributed by atoms with Crippen molar-refractivity contribution in [2.45, 2.75) is 25.9 Å². The Labute approximate surface area is 182 Å². The summed E-state index contributed by atoms with van der Waals surface area (Å²) in [6.45, 7) is 0. The molecule has 3 aromatic carbocycles. The van der Waals surface area contributed by atoms with Crippen LogP contribution in [0.5, 0.6) is 0 Å². The van der Waals surface area contributed by atoms with Gasteiger partial charge in [-0.3, -0.25) is 0 Å². The number of carboxylic acids is 1. The molecule has 11 heteroatoms. The number of benzene rings is 3. The Balaban J connectivity index is 2.35. The highest BCUT2D eigenvalue weighted by atomic mass is 32.3. The van der Waals surface area contributed by atoms with Crippen LogP contribution in [0.1, 0.15) is 0 Å². The molecule has 0 bridgehead atoms. The maximum atomic E-state index is 14.5. The first-order chi connectivity index (χ1) is 15.0. The Morgan fingerprint density at radius 2 is 1.00 bits per heavy atom. The van der Waals surface area contributed by atoms with E-state index in [2.05, 4.69) is 0 Å². The summed E-state index contributed by atoms with van der Waals surface area (Å²) in [5.41, 5.74) is 0. The van der Waals surface area contributed by atoms with E-state index in [0.717, 1.165) is 0 Å². The van der Waals surface area contributed by atoms with Gasteiger partial charge in [0.15, 0.2) is 0 Å². The van der Waals surface area contributed by atoms with E-state index in [0.29, 0.717) is 0 Å². The van der Waals surface area contributed by atoms with E-state index in [1.807, 2.05) is 0 Å². The van der Waals surface area contributed by atoms with Gasteiger partial charge in [-0.25, -0.2) is 8.42 Å². The van der Waals surface area contributed by atoms with Gasteiger partial charge in [-0.2, -0.15) is 26.0 Å². The fraction of sp³-hybridized carbons (Fsp3) is 0.0952. The number of rotatable bonds is 8. The van der Waals surface area contributed by atoms with Crippen molar-refractivity contribution in [3.05, 3.63) is 91.0 Å². The average Bonchev–Trinajstić information content (AvgIpc) is 2.79. The molecule has 170 valence electrons. The van der Waals surface area contributed by atoms with Crippen molar-refractivity contribution in [1.82, 2.24) is 0 Å². The number of hydrogen-bond acceptors (Lipinski definition) is 4. The summed E-state index contributed by atoms with van der Waals surface area (Å²) in [5.74, 6) is -9.23. The summed E-state index contributed by atoms with van der Waals surface area (Å²) in [5, 5.41) is 2.49. The van der Waals surface area contributed by atoms with Gasteiger partial charge >= 0.3 is 27.3 Å². The Morgan fingerprint density at radius 1 is 0.688 bits per heavy atom. The first kappa shape index (κ1) is 23.8. The Hall–Kier alpha value is -2.89. The molecule has 0 aliphatic carbocycles. The summed E-state index contributed by atoms with van der Waals surface area (Å²) in [7, 11) is -10.0. The lowest BCUT2D eigenvalue weighted by atomic mass is 10.3. The normalized spacial score (nSPS) is 13.5. The minimum atomic E-state index is -6.49. The second-order valence-electron chi connectivity index (χ2n) is 6.41. The zero-order chi connectivity index (χ0) is 23.6. The monoisotopic (exact) mass is 488 g/mol. The molecule has 0 atom stereocenters. The number of hydrogen-bond donors (Lipinski definition) is 1. The van der Waals surface area contributed by atoms with Crippen LogP contribution in [-0.4, -0.2) is 30.7 Å². The van der Waals surface area contributed by atoms with Crippen LogP contribution in [0, 0.1) is 0 Å². The molecule has 1 N–H and O–H groups in total. The number of halogens is 4. The first-order valence-corrected chi connectivity index (χ1v) is 11.9. The van der Waals surface area contributed by atoms with Crippen molar-refractivity contribution in [1.29, 1.82) is 0 Å². The van der Waals surface area contributed by atoms with Crippen LogP contribution in [0.3, 0.4) is 0 Å². The minimum Gasteiger partial charge on any atom is -0.477 e. The predicted octanol–water partition coefficient (Wildman–Crippen LogP) is 5.54. The second kappa shape index (κ2) is 8.57. The molecule has 0 saturated heterocycles. The average molecular weight is 488 g/mol. The van der Waals surface area contributed by atoms with E-state index in [1.54, 1.807) is 18.2 Å². The molecule has 0 spiro atoms. The molecule has 0 aromatic heterocycles. The van der Waals surface area contributed by atoms with Crippen LogP contribution in [0.2, 0.25) is 0 Å². The molecule has 0 amide bonds. The molecule has 0 heterocycles. The minimum absolute atomic E-state index is 0.121. The second-order valence-corrected chi connectivity index (χ2v) is 10.9. The van der Waals surface area contributed by atoms with Crippen molar-refractivity contribution >= 4 is 26.4 Å². The standard InChI is InChI=1S/C21H16F4O5S2/c22-20(23,19(26)27)21(24,25)32(28,29)30-31(16-10-4-1-5-11-16,17-12-6-2-7-13-17)18-14-8-3-9-15-18/h1-15H,(H,26,27). The zero-order valence-corrected chi connectivity index (χ0v) is 17.7. The third kappa shape index (κ3) is 3.87. The maximum Gasteiger partial charge on any atom is 0.444 e. The van der Waals surface area contributed by atoms with E-state index >= 15 is 0 Å². The Kier molecular flexibility index (Phi) is 6.36. The van der Waals surface area contributed by atoms with E-state index in [9.17, 15) is 30.8 Å². The third-order valence-corrected chi connectivity index (χ3v) is 9.59. The van der Waals surface area contributed by atoms with E-state index in [1.165, 1.54) is 72.8 Å². The van der Waals surface area contributed by atoms with Gasteiger partial charge in [0.05, 0.1) is 0 Å². The molecular weight excluding hydrogens is 472 g/mol. The fourth-order valence-corrected chi connectivity index (χ4v) is 8.02. The van der Waals surface area contributed by atoms with Crippen molar-refractivity contribution in [3.63, 3.8) is 0 Å². The number of aliphatic carboxylic acids is 1. The summed E-state index contributed by atoms with van der Waals surface area (Å²) in [6, 6.07) is 22.3. The summed E-state index contributed by atoms with van der Waals surface area (Å²) in [4.78, 5) is 11.1. The lowest BCUT2D eigenvalue weighted by Gasteiger charge is -2.40. The van der Waals surface area contributed by atoms with Crippen LogP contribution < -0.4 is 0 Å². The van der Waals surface area contributed by atoms with Crippen molar-refractivity contribution in [2.24, 2.45) is 0 Å². The van der Waals surface area contributed by atoms with Crippen molar-refractivity contribution in [2.75, 3.05) is 0 Å². The number of alkyl halides is 4. The number of carbonyl (C=O) groups is 1. The maximum absolute atomic E-state index is 14.5. The molecule has 5 nitrogen and oxygen atoms in total. The topological polar surface area (TPSA) is 80.7 Å². The smallest absolute Gasteiger partial charge is 0.444 e. The highest BCUT2D eigenvalue weighted by Gasteiger charge is 2.72. The van der Waals surface area contributed by atoms with Gasteiger partial charge in [0.1, 0.15) is 0 Å². The van der Waals surface area contributed by atoms with E-state index in [4.69, 9.17) is 8.74 Å². The van der Waals surface area contributed by atoms with E-state index < -0.39 is 37.6 Å². The zero-order valence-electron chi connectivity index (χ0n) is 16.1. The van der Waals surface area contributed by atoms with Crippen LogP contribution in [0.25, 0.3) is 0 Å². The van der Waals surface area contributed by atoms with Gasteiger partial charge in [0.2, 0.25) is 0 Å². The van der Waals surface area contributed by atoms with Gasteiger partial charge in [0, 0.05) is 14.7 Å². The molecular formula is C21H16F4O5S2. The highest BCUT2D eigenvalue weighted by molar-refractivity contribution is 8.33. The predicted molar refractivity (Wildman–Crippen MR) is 109 cm³/mol. The largest absolute Gasteiger partial charge is 0.477 e.